The van der Waals surface area contributed by atoms with Crippen LogP contribution in [-0.4, -0.2) is 11.9 Å². The molecule has 4 aromatic carbocycles. The summed E-state index contributed by atoms with van der Waals surface area (Å²) in [5, 5.41) is 4.65. The fourth-order valence-corrected chi connectivity index (χ4v) is 3.65. The molecule has 0 saturated heterocycles. The van der Waals surface area contributed by atoms with E-state index in [1.54, 1.807) is 0 Å². The van der Waals surface area contributed by atoms with Gasteiger partial charge in [-0.15, -0.1) is 11.4 Å². The quantitative estimate of drug-likeness (QED) is 0.176. The van der Waals surface area contributed by atoms with Gasteiger partial charge in [-0.05, 0) is 29.8 Å². The molecular formula is C27H20Cl2FeN3. The predicted molar refractivity (Wildman–Crippen MR) is 138 cm³/mol. The van der Waals surface area contributed by atoms with Gasteiger partial charge in [0.05, 0.1) is 11.4 Å². The van der Waals surface area contributed by atoms with Crippen molar-refractivity contribution in [3.63, 3.8) is 0 Å². The molecule has 33 heavy (non-hydrogen) atoms. The van der Waals surface area contributed by atoms with Gasteiger partial charge in [-0.1, -0.05) is 84.9 Å². The summed E-state index contributed by atoms with van der Waals surface area (Å²) in [5.74, 6) is 0. The van der Waals surface area contributed by atoms with E-state index >= 15 is 0 Å². The molecule has 0 radical (unpaired) electrons. The molecule has 0 bridgehead atoms. The molecule has 0 spiro atoms. The maximum absolute atomic E-state index is 4.84. The van der Waals surface area contributed by atoms with E-state index < -0.39 is 0 Å². The van der Waals surface area contributed by atoms with Crippen LogP contribution >= 0.6 is 20.2 Å². The Hall–Kier alpha value is -2.88. The van der Waals surface area contributed by atoms with Crippen molar-refractivity contribution >= 4 is 65.0 Å². The van der Waals surface area contributed by atoms with E-state index in [4.69, 9.17) is 30.2 Å². The summed E-state index contributed by atoms with van der Waals surface area (Å²) in [7, 11) is 9.53. The van der Waals surface area contributed by atoms with Crippen LogP contribution in [0.1, 0.15) is 18.3 Å². The van der Waals surface area contributed by atoms with Gasteiger partial charge in [-0.2, -0.15) is 0 Å². The van der Waals surface area contributed by atoms with Crippen LogP contribution in [0.3, 0.4) is 0 Å². The van der Waals surface area contributed by atoms with E-state index in [0.29, 0.717) is 0 Å². The zero-order valence-electron chi connectivity index (χ0n) is 17.8. The monoisotopic (exact) mass is 512 g/mol. The number of nitrogens with zero attached hydrogens (tertiary/aromatic N) is 3. The minimum absolute atomic E-state index is 0.194. The molecular weight excluding hydrogens is 493 g/mol. The molecule has 0 fully saturated rings. The molecule has 0 aliphatic carbocycles. The summed E-state index contributed by atoms with van der Waals surface area (Å²) in [5.41, 5.74) is 4.47. The summed E-state index contributed by atoms with van der Waals surface area (Å²) >= 11 is 0.194. The number of fused-ring (bicyclic) bond motifs is 2. The first kappa shape index (κ1) is 23.3. The third-order valence-corrected chi connectivity index (χ3v) is 5.19. The summed E-state index contributed by atoms with van der Waals surface area (Å²) in [6.07, 6.45) is 1.82. The molecule has 5 aromatic rings. The molecule has 0 atom stereocenters. The van der Waals surface area contributed by atoms with Crippen LogP contribution in [0.2, 0.25) is 0 Å². The number of halogens is 2. The number of aromatic nitrogens is 1. The second-order valence-corrected chi connectivity index (χ2v) is 9.08. The van der Waals surface area contributed by atoms with Crippen molar-refractivity contribution in [1.29, 1.82) is 0 Å². The summed E-state index contributed by atoms with van der Waals surface area (Å²) in [6, 6.07) is 32.9. The molecule has 0 unspecified atom stereocenters. The molecule has 3 nitrogen and oxygen atoms in total. The van der Waals surface area contributed by atoms with Crippen molar-refractivity contribution in [2.24, 2.45) is 9.98 Å². The molecule has 1 aromatic heterocycles. The maximum atomic E-state index is 4.84. The molecule has 0 amide bonds. The molecule has 165 valence electrons. The first-order valence-corrected chi connectivity index (χ1v) is 13.3. The van der Waals surface area contributed by atoms with E-state index in [0.717, 1.165) is 39.2 Å². The van der Waals surface area contributed by atoms with Crippen molar-refractivity contribution in [2.45, 2.75) is 6.92 Å². The van der Waals surface area contributed by atoms with Gasteiger partial charge in [0.15, 0.2) is 0 Å². The number of hydrogen-bond acceptors (Lipinski definition) is 2. The van der Waals surface area contributed by atoms with Gasteiger partial charge in [0, 0.05) is 22.7 Å². The second-order valence-electron chi connectivity index (χ2n) is 7.26. The van der Waals surface area contributed by atoms with E-state index in [2.05, 4.69) is 41.4 Å². The standard InChI is InChI=1S/C27H20N3.2ClH.Fe/c1-19(29-27-15-7-11-21-9-3-5-13-24(21)27)25-17-16-22(30-25)18-28-26-14-6-10-20-8-2-4-12-23(20)26;;;/h2-18H,1H3;2*1H;/q-1;;;+3/p-2. The predicted octanol–water partition coefficient (Wildman–Crippen LogP) is 8.22. The summed E-state index contributed by atoms with van der Waals surface area (Å²) in [6.45, 7) is 2.00. The number of benzene rings is 4. The summed E-state index contributed by atoms with van der Waals surface area (Å²) < 4.78 is 0. The van der Waals surface area contributed by atoms with Crippen LogP contribution in [0.5, 0.6) is 0 Å². The molecule has 0 aliphatic heterocycles. The molecule has 1 heterocycles. The van der Waals surface area contributed by atoms with E-state index in [9.17, 15) is 0 Å². The van der Waals surface area contributed by atoms with Crippen molar-refractivity contribution < 1.29 is 13.1 Å². The second kappa shape index (κ2) is 11.3. The normalized spacial score (nSPS) is 11.7. The Morgan fingerprint density at radius 2 is 1.27 bits per heavy atom. The van der Waals surface area contributed by atoms with Crippen LogP contribution in [0.15, 0.2) is 107 Å². The van der Waals surface area contributed by atoms with Crippen LogP contribution in [0.25, 0.3) is 21.5 Å². The Morgan fingerprint density at radius 3 is 1.94 bits per heavy atom. The third-order valence-electron chi connectivity index (χ3n) is 5.19. The summed E-state index contributed by atoms with van der Waals surface area (Å²) in [4.78, 5) is 14.2. The molecule has 5 rings (SSSR count). The fraction of sp³-hybridized carbons (Fsp3) is 0.0370. The molecule has 6 heteroatoms. The van der Waals surface area contributed by atoms with Crippen LogP contribution in [0, 0.1) is 0 Å². The fourth-order valence-electron chi connectivity index (χ4n) is 3.65. The first-order chi connectivity index (χ1) is 16.2. The van der Waals surface area contributed by atoms with Crippen LogP contribution in [0.4, 0.5) is 11.4 Å². The van der Waals surface area contributed by atoms with Crippen molar-refractivity contribution in [1.82, 2.24) is 4.98 Å². The third kappa shape index (κ3) is 5.73. The van der Waals surface area contributed by atoms with Crippen molar-refractivity contribution in [2.75, 3.05) is 0 Å². The SMILES string of the molecule is CC(=Nc1cccc2ccccc12)c1ccc(C=Nc2cccc3ccccc23)[n-]1.[Cl][Fe+][Cl]. The van der Waals surface area contributed by atoms with Gasteiger partial charge in [-0.3, -0.25) is 9.98 Å². The zero-order valence-corrected chi connectivity index (χ0v) is 20.4. The topological polar surface area (TPSA) is 38.8 Å². The van der Waals surface area contributed by atoms with Crippen molar-refractivity contribution in [3.8, 4) is 0 Å². The molecule has 0 N–H and O–H groups in total. The number of hydrogen-bond donors (Lipinski definition) is 0. The Labute approximate surface area is 207 Å². The van der Waals surface area contributed by atoms with Gasteiger partial charge >= 0.3 is 33.3 Å². The molecule has 0 aliphatic rings. The minimum atomic E-state index is 0.194. The first-order valence-electron chi connectivity index (χ1n) is 10.2. The Bertz CT molecular complexity index is 1430. The van der Waals surface area contributed by atoms with Crippen LogP contribution < -0.4 is 4.98 Å². The van der Waals surface area contributed by atoms with E-state index in [-0.39, 0.29) is 13.1 Å². The van der Waals surface area contributed by atoms with Gasteiger partial charge in [-0.25, -0.2) is 0 Å². The van der Waals surface area contributed by atoms with Gasteiger partial charge in [0.1, 0.15) is 0 Å². The van der Waals surface area contributed by atoms with Crippen molar-refractivity contribution in [3.05, 3.63) is 108 Å². The Kier molecular flexibility index (Phi) is 7.98. The Balaban J connectivity index is 0.000000821. The molecule has 0 saturated carbocycles. The Morgan fingerprint density at radius 1 is 0.727 bits per heavy atom. The van der Waals surface area contributed by atoms with Crippen LogP contribution in [-0.2, 0) is 13.1 Å². The average molecular weight is 513 g/mol. The zero-order chi connectivity index (χ0) is 23.0. The average Bonchev–Trinajstić information content (AvgIpc) is 3.33. The van der Waals surface area contributed by atoms with Gasteiger partial charge in [0.25, 0.3) is 0 Å². The van der Waals surface area contributed by atoms with Gasteiger partial charge in [0.2, 0.25) is 0 Å². The van der Waals surface area contributed by atoms with E-state index in [1.807, 2.05) is 73.8 Å². The number of aliphatic imine (C=N–C) groups is 2. The van der Waals surface area contributed by atoms with Gasteiger partial charge < -0.3 is 4.98 Å². The number of rotatable bonds is 4. The van der Waals surface area contributed by atoms with E-state index in [1.165, 1.54) is 10.8 Å².